The van der Waals surface area contributed by atoms with Crippen LogP contribution in [0.1, 0.15) is 11.1 Å². The highest BCUT2D eigenvalue weighted by Crippen LogP contribution is 2.16. The molecule has 0 aliphatic heterocycles. The maximum atomic E-state index is 5.41. The smallest absolute Gasteiger partial charge is 0.208 e. The largest absolute Gasteiger partial charge is 0.369 e. The van der Waals surface area contributed by atoms with Gasteiger partial charge in [0.1, 0.15) is 0 Å². The fraction of sp³-hybridized carbons (Fsp3) is 0.222. The topological polar surface area (TPSA) is 76.4 Å². The maximum Gasteiger partial charge on any atom is 0.208 e. The number of nitrogens with one attached hydrogen (secondary N) is 1. The molecule has 0 aliphatic carbocycles. The lowest BCUT2D eigenvalue weighted by molar-refractivity contribution is 1.01. The number of nitrogens with zero attached hydrogens (tertiary/aromatic N) is 1. The number of guanidine groups is 1. The Balaban J connectivity index is 2.98. The molecule has 0 unspecified atom stereocenters. The molecule has 0 aliphatic rings. The molecule has 0 aromatic heterocycles. The van der Waals surface area contributed by atoms with Gasteiger partial charge in [0.15, 0.2) is 0 Å². The summed E-state index contributed by atoms with van der Waals surface area (Å²) in [5, 5.41) is 0. The zero-order valence-corrected chi connectivity index (χ0v) is 7.83. The first kappa shape index (κ1) is 9.54. The van der Waals surface area contributed by atoms with Gasteiger partial charge >= 0.3 is 0 Å². The molecule has 13 heavy (non-hydrogen) atoms. The Hall–Kier alpha value is -1.55. The molecule has 0 saturated heterocycles. The molecule has 0 amide bonds. The summed E-state index contributed by atoms with van der Waals surface area (Å²) in [6.45, 7) is 4.08. The van der Waals surface area contributed by atoms with Crippen LogP contribution in [0.2, 0.25) is 0 Å². The number of aliphatic imine (C=N–C) groups is 1. The van der Waals surface area contributed by atoms with Gasteiger partial charge in [-0.2, -0.15) is 0 Å². The molecule has 5 N–H and O–H groups in total. The average Bonchev–Trinajstić information content (AvgIpc) is 2.11. The summed E-state index contributed by atoms with van der Waals surface area (Å²) in [5.41, 5.74) is 10.9. The van der Waals surface area contributed by atoms with Crippen LogP contribution in [0.5, 0.6) is 0 Å². The van der Waals surface area contributed by atoms with Crippen LogP contribution < -0.4 is 17.0 Å². The van der Waals surface area contributed by atoms with E-state index >= 15 is 0 Å². The van der Waals surface area contributed by atoms with E-state index in [2.05, 4.69) is 10.4 Å². The molecule has 0 fully saturated rings. The molecule has 4 heteroatoms. The second-order valence-corrected chi connectivity index (χ2v) is 2.91. The first-order valence-electron chi connectivity index (χ1n) is 4.01. The second-order valence-electron chi connectivity index (χ2n) is 2.91. The summed E-state index contributed by atoms with van der Waals surface area (Å²) in [4.78, 5) is 4.04. The van der Waals surface area contributed by atoms with Gasteiger partial charge < -0.3 is 5.73 Å². The minimum Gasteiger partial charge on any atom is -0.369 e. The summed E-state index contributed by atoms with van der Waals surface area (Å²) >= 11 is 0. The highest BCUT2D eigenvalue weighted by Gasteiger charge is 1.94. The number of benzene rings is 1. The van der Waals surface area contributed by atoms with Gasteiger partial charge in [0.2, 0.25) is 5.96 Å². The molecule has 0 saturated carbocycles. The lowest BCUT2D eigenvalue weighted by Gasteiger charge is -2.02. The Bertz CT molecular complexity index is 330. The Morgan fingerprint density at radius 2 is 2.00 bits per heavy atom. The van der Waals surface area contributed by atoms with Gasteiger partial charge in [-0.3, -0.25) is 5.43 Å². The molecule has 1 aromatic carbocycles. The lowest BCUT2D eigenvalue weighted by Crippen LogP contribution is -2.36. The van der Waals surface area contributed by atoms with E-state index in [9.17, 15) is 0 Å². The normalized spacial score (nSPS) is 11.5. The molecule has 1 rings (SSSR count). The lowest BCUT2D eigenvalue weighted by atomic mass is 10.1. The van der Waals surface area contributed by atoms with Gasteiger partial charge in [-0.05, 0) is 37.1 Å². The fourth-order valence-corrected chi connectivity index (χ4v) is 0.967. The van der Waals surface area contributed by atoms with Gasteiger partial charge in [0.05, 0.1) is 5.69 Å². The first-order chi connectivity index (χ1) is 6.13. The van der Waals surface area contributed by atoms with Crippen LogP contribution in [-0.4, -0.2) is 5.96 Å². The zero-order chi connectivity index (χ0) is 9.84. The van der Waals surface area contributed by atoms with Crippen molar-refractivity contribution in [3.05, 3.63) is 29.3 Å². The third-order valence-electron chi connectivity index (χ3n) is 1.89. The van der Waals surface area contributed by atoms with E-state index in [1.54, 1.807) is 0 Å². The van der Waals surface area contributed by atoms with Crippen molar-refractivity contribution in [3.8, 4) is 0 Å². The fourth-order valence-electron chi connectivity index (χ4n) is 0.967. The predicted octanol–water partition coefficient (Wildman–Crippen LogP) is 0.713. The quantitative estimate of drug-likeness (QED) is 0.256. The minimum absolute atomic E-state index is 0.211. The summed E-state index contributed by atoms with van der Waals surface area (Å²) in [7, 11) is 0. The van der Waals surface area contributed by atoms with E-state index in [4.69, 9.17) is 11.6 Å². The molecule has 1 aromatic rings. The van der Waals surface area contributed by atoms with Gasteiger partial charge in [-0.25, -0.2) is 10.8 Å². The predicted molar refractivity (Wildman–Crippen MR) is 54.5 cm³/mol. The van der Waals surface area contributed by atoms with Crippen LogP contribution in [-0.2, 0) is 0 Å². The van der Waals surface area contributed by atoms with Gasteiger partial charge in [0, 0.05) is 0 Å². The van der Waals surface area contributed by atoms with Gasteiger partial charge in [-0.15, -0.1) is 0 Å². The molecule has 0 atom stereocenters. The monoisotopic (exact) mass is 178 g/mol. The van der Waals surface area contributed by atoms with E-state index in [1.807, 2.05) is 32.0 Å². The minimum atomic E-state index is 0.211. The summed E-state index contributed by atoms with van der Waals surface area (Å²) in [5.74, 6) is 5.29. The number of nitrogens with two attached hydrogens (primary N) is 2. The van der Waals surface area contributed by atoms with Crippen LogP contribution in [0.25, 0.3) is 0 Å². The summed E-state index contributed by atoms with van der Waals surface area (Å²) < 4.78 is 0. The van der Waals surface area contributed by atoms with E-state index in [0.717, 1.165) is 5.69 Å². The maximum absolute atomic E-state index is 5.41. The van der Waals surface area contributed by atoms with Crippen LogP contribution >= 0.6 is 0 Å². The molecule has 0 radical (unpaired) electrons. The second kappa shape index (κ2) is 3.91. The summed E-state index contributed by atoms with van der Waals surface area (Å²) in [6, 6.07) is 5.85. The first-order valence-corrected chi connectivity index (χ1v) is 4.01. The zero-order valence-electron chi connectivity index (χ0n) is 7.83. The van der Waals surface area contributed by atoms with Crippen molar-refractivity contribution in [1.29, 1.82) is 0 Å². The van der Waals surface area contributed by atoms with Crippen molar-refractivity contribution < 1.29 is 0 Å². The SMILES string of the molecule is Cc1ccc(N=C(N)NN)cc1C. The number of rotatable bonds is 1. The van der Waals surface area contributed by atoms with Gasteiger partial charge in [0.25, 0.3) is 0 Å². The molecule has 70 valence electrons. The molecule has 0 heterocycles. The Morgan fingerprint density at radius 1 is 1.31 bits per heavy atom. The standard InChI is InChI=1S/C9H14N4/c1-6-3-4-8(5-7(6)2)12-9(10)13-11/h3-5H,11H2,1-2H3,(H3,10,12,13). The van der Waals surface area contributed by atoms with E-state index in [0.29, 0.717) is 0 Å². The molecular weight excluding hydrogens is 164 g/mol. The molecular formula is C9H14N4. The van der Waals surface area contributed by atoms with E-state index in [1.165, 1.54) is 11.1 Å². The highest BCUT2D eigenvalue weighted by atomic mass is 15.3. The third kappa shape index (κ3) is 2.45. The van der Waals surface area contributed by atoms with Gasteiger partial charge in [-0.1, -0.05) is 6.07 Å². The van der Waals surface area contributed by atoms with Crippen molar-refractivity contribution in [2.45, 2.75) is 13.8 Å². The highest BCUT2D eigenvalue weighted by molar-refractivity contribution is 5.80. The Morgan fingerprint density at radius 3 is 2.54 bits per heavy atom. The average molecular weight is 178 g/mol. The number of hydrazine groups is 1. The van der Waals surface area contributed by atoms with Crippen molar-refractivity contribution in [2.24, 2.45) is 16.6 Å². The Kier molecular flexibility index (Phi) is 2.87. The van der Waals surface area contributed by atoms with Crippen molar-refractivity contribution >= 4 is 11.6 Å². The van der Waals surface area contributed by atoms with Crippen molar-refractivity contribution in [3.63, 3.8) is 0 Å². The number of aryl methyl sites for hydroxylation is 2. The number of hydrogen-bond donors (Lipinski definition) is 3. The molecule has 0 spiro atoms. The molecule has 4 nitrogen and oxygen atoms in total. The van der Waals surface area contributed by atoms with Crippen molar-refractivity contribution in [2.75, 3.05) is 0 Å². The number of hydrogen-bond acceptors (Lipinski definition) is 2. The van der Waals surface area contributed by atoms with E-state index < -0.39 is 0 Å². The van der Waals surface area contributed by atoms with Crippen LogP contribution in [0.15, 0.2) is 23.2 Å². The van der Waals surface area contributed by atoms with E-state index in [-0.39, 0.29) is 5.96 Å². The molecule has 0 bridgehead atoms. The summed E-state index contributed by atoms with van der Waals surface area (Å²) in [6.07, 6.45) is 0. The van der Waals surface area contributed by atoms with Crippen LogP contribution in [0.4, 0.5) is 5.69 Å². The van der Waals surface area contributed by atoms with Crippen LogP contribution in [0, 0.1) is 13.8 Å². The van der Waals surface area contributed by atoms with Crippen LogP contribution in [0.3, 0.4) is 0 Å². The van der Waals surface area contributed by atoms with Crippen molar-refractivity contribution in [1.82, 2.24) is 5.43 Å². The third-order valence-corrected chi connectivity index (χ3v) is 1.89. The Labute approximate surface area is 77.6 Å².